The maximum atomic E-state index is 5.96. The maximum absolute atomic E-state index is 5.96. The summed E-state index contributed by atoms with van der Waals surface area (Å²) in [5.41, 5.74) is 0. The first-order valence-electron chi connectivity index (χ1n) is 10.1. The number of aliphatic imine (C=N–C) groups is 1. The molecule has 0 spiro atoms. The van der Waals surface area contributed by atoms with E-state index >= 15 is 0 Å². The van der Waals surface area contributed by atoms with Gasteiger partial charge >= 0.3 is 0 Å². The smallest absolute Gasteiger partial charge is 0.193 e. The molecule has 8 heteroatoms. The number of nitrogens with zero attached hydrogens (tertiary/aromatic N) is 3. The van der Waals surface area contributed by atoms with Crippen molar-refractivity contribution < 1.29 is 13.9 Å². The molecule has 0 radical (unpaired) electrons. The number of halogens is 1. The topological polar surface area (TPSA) is 62.5 Å². The van der Waals surface area contributed by atoms with Gasteiger partial charge in [-0.25, -0.2) is 0 Å². The molecule has 3 rings (SSSR count). The standard InChI is InChI=1S/C20H34N4O3.HI/c1-4-21-20(23(3)14-17-7-10-26-15-17)22-13-18(19-6-5-16(2)27-19)24-8-11-25-12-9-24;/h5-6,17-18H,4,7-15H2,1-3H3,(H,21,22);1H. The first-order chi connectivity index (χ1) is 13.2. The minimum Gasteiger partial charge on any atom is -0.465 e. The van der Waals surface area contributed by atoms with Crippen molar-refractivity contribution in [2.24, 2.45) is 10.9 Å². The molecule has 1 aromatic heterocycles. The Labute approximate surface area is 185 Å². The predicted molar refractivity (Wildman–Crippen MR) is 122 cm³/mol. The third-order valence-corrected chi connectivity index (χ3v) is 5.24. The number of hydrogen-bond donors (Lipinski definition) is 1. The third-order valence-electron chi connectivity index (χ3n) is 5.24. The SMILES string of the molecule is CCNC(=NCC(c1ccc(C)o1)N1CCOCC1)N(C)CC1CCOC1.I. The van der Waals surface area contributed by atoms with E-state index in [-0.39, 0.29) is 30.0 Å². The van der Waals surface area contributed by atoms with Crippen molar-refractivity contribution in [1.82, 2.24) is 15.1 Å². The molecular weight excluding hydrogens is 471 g/mol. The van der Waals surface area contributed by atoms with Gasteiger partial charge in [-0.2, -0.15) is 0 Å². The van der Waals surface area contributed by atoms with Crippen LogP contribution in [0.2, 0.25) is 0 Å². The Bertz CT molecular complexity index is 598. The molecule has 2 atom stereocenters. The molecule has 0 aromatic carbocycles. The molecule has 7 nitrogen and oxygen atoms in total. The van der Waals surface area contributed by atoms with E-state index in [2.05, 4.69) is 35.2 Å². The van der Waals surface area contributed by atoms with Crippen LogP contribution in [0.1, 0.15) is 30.9 Å². The van der Waals surface area contributed by atoms with Gasteiger partial charge in [0.1, 0.15) is 11.5 Å². The van der Waals surface area contributed by atoms with E-state index in [0.717, 1.165) is 76.5 Å². The number of nitrogens with one attached hydrogen (secondary N) is 1. The number of morpholine rings is 1. The molecule has 2 unspecified atom stereocenters. The van der Waals surface area contributed by atoms with Crippen LogP contribution in [0.3, 0.4) is 0 Å². The van der Waals surface area contributed by atoms with Crippen molar-refractivity contribution in [2.75, 3.05) is 66.2 Å². The minimum absolute atomic E-state index is 0. The van der Waals surface area contributed by atoms with Crippen LogP contribution in [-0.2, 0) is 9.47 Å². The van der Waals surface area contributed by atoms with Crippen LogP contribution in [0.15, 0.2) is 21.5 Å². The fourth-order valence-electron chi connectivity index (χ4n) is 3.75. The summed E-state index contributed by atoms with van der Waals surface area (Å²) in [4.78, 5) is 9.61. The Balaban J connectivity index is 0.00000280. The molecule has 0 saturated carbocycles. The summed E-state index contributed by atoms with van der Waals surface area (Å²) in [6.45, 7) is 11.7. The van der Waals surface area contributed by atoms with Gasteiger partial charge in [0.15, 0.2) is 5.96 Å². The van der Waals surface area contributed by atoms with E-state index in [0.29, 0.717) is 12.5 Å². The lowest BCUT2D eigenvalue weighted by Gasteiger charge is -2.33. The monoisotopic (exact) mass is 506 g/mol. The van der Waals surface area contributed by atoms with E-state index < -0.39 is 0 Å². The highest BCUT2D eigenvalue weighted by Gasteiger charge is 2.26. The zero-order chi connectivity index (χ0) is 19.1. The quantitative estimate of drug-likeness (QED) is 0.349. The summed E-state index contributed by atoms with van der Waals surface area (Å²) >= 11 is 0. The van der Waals surface area contributed by atoms with Gasteiger partial charge in [-0.05, 0) is 32.4 Å². The molecule has 0 aliphatic carbocycles. The van der Waals surface area contributed by atoms with E-state index in [9.17, 15) is 0 Å². The number of furan rings is 1. The van der Waals surface area contributed by atoms with E-state index in [4.69, 9.17) is 18.9 Å². The molecule has 1 aromatic rings. The molecule has 2 aliphatic rings. The number of ether oxygens (including phenoxy) is 2. The Morgan fingerprint density at radius 3 is 2.68 bits per heavy atom. The summed E-state index contributed by atoms with van der Waals surface area (Å²) in [5, 5.41) is 3.43. The van der Waals surface area contributed by atoms with Crippen LogP contribution >= 0.6 is 24.0 Å². The van der Waals surface area contributed by atoms with Gasteiger partial charge in [0.2, 0.25) is 0 Å². The van der Waals surface area contributed by atoms with Crippen LogP contribution in [0.4, 0.5) is 0 Å². The maximum Gasteiger partial charge on any atom is 0.193 e. The zero-order valence-corrected chi connectivity index (χ0v) is 19.7. The Kier molecular flexibility index (Phi) is 10.0. The average molecular weight is 506 g/mol. The van der Waals surface area contributed by atoms with Crippen LogP contribution in [0, 0.1) is 12.8 Å². The van der Waals surface area contributed by atoms with Crippen molar-refractivity contribution in [3.05, 3.63) is 23.7 Å². The van der Waals surface area contributed by atoms with Crippen molar-refractivity contribution in [3.63, 3.8) is 0 Å². The highest BCUT2D eigenvalue weighted by Crippen LogP contribution is 2.24. The minimum atomic E-state index is 0. The highest BCUT2D eigenvalue weighted by atomic mass is 127. The Morgan fingerprint density at radius 2 is 2.07 bits per heavy atom. The van der Waals surface area contributed by atoms with Crippen molar-refractivity contribution >= 4 is 29.9 Å². The second kappa shape index (κ2) is 12.0. The second-order valence-corrected chi connectivity index (χ2v) is 7.42. The van der Waals surface area contributed by atoms with E-state index in [1.807, 2.05) is 13.0 Å². The lowest BCUT2D eigenvalue weighted by Crippen LogP contribution is -2.43. The van der Waals surface area contributed by atoms with Gasteiger partial charge in [0, 0.05) is 45.8 Å². The summed E-state index contributed by atoms with van der Waals surface area (Å²) in [6, 6.07) is 4.25. The van der Waals surface area contributed by atoms with Crippen LogP contribution in [-0.4, -0.2) is 82.0 Å². The van der Waals surface area contributed by atoms with Crippen LogP contribution in [0.25, 0.3) is 0 Å². The first kappa shape index (κ1) is 23.4. The van der Waals surface area contributed by atoms with Crippen LogP contribution < -0.4 is 5.32 Å². The molecule has 3 heterocycles. The molecule has 2 saturated heterocycles. The number of rotatable bonds is 7. The van der Waals surface area contributed by atoms with Crippen molar-refractivity contribution in [3.8, 4) is 0 Å². The third kappa shape index (κ3) is 6.60. The fraction of sp³-hybridized carbons (Fsp3) is 0.750. The second-order valence-electron chi connectivity index (χ2n) is 7.42. The lowest BCUT2D eigenvalue weighted by molar-refractivity contribution is 0.0135. The lowest BCUT2D eigenvalue weighted by atomic mass is 10.1. The van der Waals surface area contributed by atoms with Gasteiger partial charge in [0.25, 0.3) is 0 Å². The summed E-state index contributed by atoms with van der Waals surface area (Å²) in [6.07, 6.45) is 1.13. The average Bonchev–Trinajstić information content (AvgIpc) is 3.34. The summed E-state index contributed by atoms with van der Waals surface area (Å²) < 4.78 is 17.0. The number of guanidine groups is 1. The molecule has 28 heavy (non-hydrogen) atoms. The van der Waals surface area contributed by atoms with E-state index in [1.54, 1.807) is 0 Å². The molecule has 160 valence electrons. The molecule has 0 amide bonds. The van der Waals surface area contributed by atoms with Crippen LogP contribution in [0.5, 0.6) is 0 Å². The number of aryl methyl sites for hydroxylation is 1. The molecule has 2 fully saturated rings. The number of hydrogen-bond acceptors (Lipinski definition) is 5. The fourth-order valence-corrected chi connectivity index (χ4v) is 3.75. The molecular formula is C20H35IN4O3. The summed E-state index contributed by atoms with van der Waals surface area (Å²) in [7, 11) is 2.11. The predicted octanol–water partition coefficient (Wildman–Crippen LogP) is 2.51. The van der Waals surface area contributed by atoms with Crippen molar-refractivity contribution in [2.45, 2.75) is 26.3 Å². The Hall–Kier alpha value is -0.840. The van der Waals surface area contributed by atoms with Gasteiger partial charge in [0.05, 0.1) is 32.4 Å². The summed E-state index contributed by atoms with van der Waals surface area (Å²) in [5.74, 6) is 3.46. The highest BCUT2D eigenvalue weighted by molar-refractivity contribution is 14.0. The normalized spacial score (nSPS) is 22.0. The zero-order valence-electron chi connectivity index (χ0n) is 17.4. The molecule has 1 N–H and O–H groups in total. The van der Waals surface area contributed by atoms with Gasteiger partial charge < -0.3 is 24.1 Å². The van der Waals surface area contributed by atoms with Gasteiger partial charge in [-0.1, -0.05) is 0 Å². The van der Waals surface area contributed by atoms with Crippen molar-refractivity contribution in [1.29, 1.82) is 0 Å². The largest absolute Gasteiger partial charge is 0.465 e. The van der Waals surface area contributed by atoms with Gasteiger partial charge in [-0.3, -0.25) is 9.89 Å². The van der Waals surface area contributed by atoms with Gasteiger partial charge in [-0.15, -0.1) is 24.0 Å². The first-order valence-corrected chi connectivity index (χ1v) is 10.1. The molecule has 0 bridgehead atoms. The Morgan fingerprint density at radius 1 is 1.29 bits per heavy atom. The van der Waals surface area contributed by atoms with E-state index in [1.165, 1.54) is 0 Å². The molecule has 2 aliphatic heterocycles.